The van der Waals surface area contributed by atoms with Gasteiger partial charge in [0.05, 0.1) is 12.9 Å². The van der Waals surface area contributed by atoms with E-state index in [0.717, 1.165) is 6.26 Å². The maximum Gasteiger partial charge on any atom is 0.385 e. The Kier molecular flexibility index (Phi) is 5.21. The summed E-state index contributed by atoms with van der Waals surface area (Å²) in [6.07, 6.45) is 0.877. The van der Waals surface area contributed by atoms with Gasteiger partial charge in [-0.1, -0.05) is 25.2 Å². The van der Waals surface area contributed by atoms with Crippen LogP contribution in [0.1, 0.15) is 20.8 Å². The Bertz CT molecular complexity index is 376. The Morgan fingerprint density at radius 1 is 1.24 bits per heavy atom. The standard InChI is InChI=1S/C10H23NO4SSi/c1-10(2,3)8-14-9(11-16(4,12)13)15-17(5,6)7/h8H2,1-7H3/b11-9-. The molecule has 0 N–H and O–H groups in total. The van der Waals surface area contributed by atoms with Crippen LogP contribution >= 0.6 is 0 Å². The highest BCUT2D eigenvalue weighted by Gasteiger charge is 2.23. The van der Waals surface area contributed by atoms with Gasteiger partial charge < -0.3 is 9.16 Å². The van der Waals surface area contributed by atoms with Crippen LogP contribution in [0.3, 0.4) is 0 Å². The predicted octanol–water partition coefficient (Wildman–Crippen LogP) is 2.22. The van der Waals surface area contributed by atoms with Gasteiger partial charge in [0, 0.05) is 0 Å². The summed E-state index contributed by atoms with van der Waals surface area (Å²) in [5.41, 5.74) is -0.0823. The summed E-state index contributed by atoms with van der Waals surface area (Å²) in [4.78, 5) is 0. The van der Waals surface area contributed by atoms with E-state index >= 15 is 0 Å². The first-order chi connectivity index (χ1) is 7.29. The molecule has 0 aromatic rings. The zero-order valence-corrected chi connectivity index (χ0v) is 13.5. The number of hydrogen-bond acceptors (Lipinski definition) is 4. The van der Waals surface area contributed by atoms with Crippen molar-refractivity contribution in [1.29, 1.82) is 0 Å². The van der Waals surface area contributed by atoms with E-state index in [-0.39, 0.29) is 11.5 Å². The molecule has 0 radical (unpaired) electrons. The van der Waals surface area contributed by atoms with Gasteiger partial charge in [-0.05, 0) is 25.1 Å². The Morgan fingerprint density at radius 3 is 2.00 bits per heavy atom. The Balaban J connectivity index is 4.83. The highest BCUT2D eigenvalue weighted by molar-refractivity contribution is 7.89. The molecule has 102 valence electrons. The molecule has 17 heavy (non-hydrogen) atoms. The van der Waals surface area contributed by atoms with E-state index in [9.17, 15) is 8.42 Å². The third kappa shape index (κ3) is 11.7. The van der Waals surface area contributed by atoms with E-state index < -0.39 is 18.3 Å². The van der Waals surface area contributed by atoms with Crippen LogP contribution in [0.25, 0.3) is 0 Å². The zero-order chi connectivity index (χ0) is 13.9. The van der Waals surface area contributed by atoms with Gasteiger partial charge in [0.1, 0.15) is 0 Å². The van der Waals surface area contributed by atoms with Crippen molar-refractivity contribution in [3.8, 4) is 0 Å². The van der Waals surface area contributed by atoms with Gasteiger partial charge in [0.15, 0.2) is 0 Å². The lowest BCUT2D eigenvalue weighted by Crippen LogP contribution is -2.32. The van der Waals surface area contributed by atoms with Gasteiger partial charge in [-0.3, -0.25) is 0 Å². The summed E-state index contributed by atoms with van der Waals surface area (Å²) < 4.78 is 36.6. The van der Waals surface area contributed by atoms with Gasteiger partial charge in [-0.2, -0.15) is 0 Å². The van der Waals surface area contributed by atoms with Gasteiger partial charge in [-0.15, -0.1) is 0 Å². The molecule has 0 saturated heterocycles. The third-order valence-electron chi connectivity index (χ3n) is 1.26. The SMILES string of the molecule is CC(C)(C)CO/C(=N/S(C)(=O)=O)O[Si](C)(C)C. The van der Waals surface area contributed by atoms with Crippen LogP contribution in [0, 0.1) is 5.41 Å². The van der Waals surface area contributed by atoms with Gasteiger partial charge in [0.25, 0.3) is 10.0 Å². The van der Waals surface area contributed by atoms with Crippen molar-refractivity contribution in [2.24, 2.45) is 9.81 Å². The smallest absolute Gasteiger partial charge is 0.385 e. The molecule has 7 heteroatoms. The highest BCUT2D eigenvalue weighted by Crippen LogP contribution is 2.15. The number of rotatable bonds is 3. The molecule has 0 atom stereocenters. The first kappa shape index (κ1) is 16.4. The number of sulfonamides is 1. The van der Waals surface area contributed by atoms with Crippen molar-refractivity contribution >= 4 is 24.4 Å². The third-order valence-corrected chi connectivity index (χ3v) is 2.53. The van der Waals surface area contributed by atoms with Crippen molar-refractivity contribution < 1.29 is 17.6 Å². The van der Waals surface area contributed by atoms with Crippen LogP contribution in [-0.4, -0.2) is 35.7 Å². The lowest BCUT2D eigenvalue weighted by atomic mass is 9.99. The van der Waals surface area contributed by atoms with Crippen LogP contribution < -0.4 is 0 Å². The van der Waals surface area contributed by atoms with Crippen molar-refractivity contribution in [3.63, 3.8) is 0 Å². The monoisotopic (exact) mass is 281 g/mol. The van der Waals surface area contributed by atoms with E-state index in [2.05, 4.69) is 4.40 Å². The number of nitrogens with zero attached hydrogens (tertiary/aromatic N) is 1. The number of ether oxygens (including phenoxy) is 1. The van der Waals surface area contributed by atoms with E-state index in [1.165, 1.54) is 0 Å². The van der Waals surface area contributed by atoms with Gasteiger partial charge in [-0.25, -0.2) is 8.42 Å². The molecule has 0 spiro atoms. The molecule has 0 aliphatic carbocycles. The van der Waals surface area contributed by atoms with Crippen molar-refractivity contribution in [1.82, 2.24) is 0 Å². The van der Waals surface area contributed by atoms with Crippen LogP contribution in [0.15, 0.2) is 4.40 Å². The second-order valence-corrected chi connectivity index (χ2v) is 12.2. The van der Waals surface area contributed by atoms with E-state index in [0.29, 0.717) is 6.61 Å². The largest absolute Gasteiger partial charge is 0.505 e. The molecule has 5 nitrogen and oxygen atoms in total. The lowest BCUT2D eigenvalue weighted by Gasteiger charge is -2.23. The molecule has 0 heterocycles. The molecule has 0 amide bonds. The first-order valence-electron chi connectivity index (χ1n) is 5.40. The summed E-state index contributed by atoms with van der Waals surface area (Å²) in [6.45, 7) is 12.1. The highest BCUT2D eigenvalue weighted by atomic mass is 32.2. The fourth-order valence-corrected chi connectivity index (χ4v) is 1.81. The van der Waals surface area contributed by atoms with Gasteiger partial charge >= 0.3 is 6.08 Å². The molecule has 0 rings (SSSR count). The maximum atomic E-state index is 11.1. The van der Waals surface area contributed by atoms with Crippen molar-refractivity contribution in [3.05, 3.63) is 0 Å². The molecule has 0 aromatic carbocycles. The molecule has 0 aromatic heterocycles. The second kappa shape index (κ2) is 5.39. The quantitative estimate of drug-likeness (QED) is 0.452. The minimum Gasteiger partial charge on any atom is -0.505 e. The fraction of sp³-hybridized carbons (Fsp3) is 0.900. The predicted molar refractivity (Wildman–Crippen MR) is 72.1 cm³/mol. The second-order valence-electron chi connectivity index (χ2n) is 6.15. The van der Waals surface area contributed by atoms with E-state index in [1.54, 1.807) is 0 Å². The maximum absolute atomic E-state index is 11.1. The minimum absolute atomic E-state index is 0.0823. The van der Waals surface area contributed by atoms with E-state index in [4.69, 9.17) is 9.16 Å². The summed E-state index contributed by atoms with van der Waals surface area (Å²) in [5, 5.41) is 0. The molecular weight excluding hydrogens is 258 g/mol. The molecule has 0 saturated carbocycles. The zero-order valence-electron chi connectivity index (χ0n) is 11.7. The molecule has 0 aliphatic heterocycles. The topological polar surface area (TPSA) is 65.0 Å². The molecular formula is C10H23NO4SSi. The molecule has 0 aliphatic rings. The average Bonchev–Trinajstić information content (AvgIpc) is 1.92. The molecule has 0 unspecified atom stereocenters. The lowest BCUT2D eigenvalue weighted by molar-refractivity contribution is 0.152. The minimum atomic E-state index is -3.50. The Morgan fingerprint density at radius 2 is 1.71 bits per heavy atom. The van der Waals surface area contributed by atoms with Crippen LogP contribution in [0.5, 0.6) is 0 Å². The first-order valence-corrected chi connectivity index (χ1v) is 10.7. The molecule has 0 bridgehead atoms. The Hall–Kier alpha value is -0.563. The average molecular weight is 281 g/mol. The normalized spacial score (nSPS) is 14.6. The van der Waals surface area contributed by atoms with E-state index in [1.807, 2.05) is 40.4 Å². The summed E-state index contributed by atoms with van der Waals surface area (Å²) in [6, 6.07) is 0. The van der Waals surface area contributed by atoms with Crippen LogP contribution in [0.4, 0.5) is 0 Å². The summed E-state index contributed by atoms with van der Waals surface area (Å²) >= 11 is 0. The van der Waals surface area contributed by atoms with Crippen LogP contribution in [0.2, 0.25) is 19.6 Å². The summed E-state index contributed by atoms with van der Waals surface area (Å²) in [7, 11) is -5.44. The molecule has 0 fully saturated rings. The van der Waals surface area contributed by atoms with Gasteiger partial charge in [0.2, 0.25) is 8.32 Å². The van der Waals surface area contributed by atoms with Crippen molar-refractivity contribution in [2.75, 3.05) is 12.9 Å². The number of hydrogen-bond donors (Lipinski definition) is 0. The van der Waals surface area contributed by atoms with Crippen LogP contribution in [-0.2, 0) is 19.2 Å². The fourth-order valence-electron chi connectivity index (χ4n) is 0.750. The Labute approximate surface area is 105 Å². The van der Waals surface area contributed by atoms with Crippen molar-refractivity contribution in [2.45, 2.75) is 40.4 Å². The summed E-state index contributed by atoms with van der Waals surface area (Å²) in [5.74, 6) is 0.